The van der Waals surface area contributed by atoms with Gasteiger partial charge in [0.25, 0.3) is 5.91 Å². The van der Waals surface area contributed by atoms with Gasteiger partial charge in [0.15, 0.2) is 11.1 Å². The van der Waals surface area contributed by atoms with Crippen LogP contribution in [0.15, 0.2) is 17.2 Å². The van der Waals surface area contributed by atoms with E-state index in [1.165, 1.54) is 31.7 Å². The number of nitrogens with zero attached hydrogens (tertiary/aromatic N) is 2. The highest BCUT2D eigenvalue weighted by Gasteiger charge is 2.21. The number of hydrogen-bond acceptors (Lipinski definition) is 4. The molecule has 0 spiro atoms. The van der Waals surface area contributed by atoms with Crippen LogP contribution >= 0.6 is 0 Å². The lowest BCUT2D eigenvalue weighted by molar-refractivity contribution is -0.135. The average Bonchev–Trinajstić information content (AvgIpc) is 3.03. The van der Waals surface area contributed by atoms with Gasteiger partial charge in [-0.1, -0.05) is 32.1 Å². The lowest BCUT2D eigenvalue weighted by Gasteiger charge is -2.21. The van der Waals surface area contributed by atoms with Gasteiger partial charge < -0.3 is 10.4 Å². The van der Waals surface area contributed by atoms with Crippen molar-refractivity contribution in [2.45, 2.75) is 38.5 Å². The van der Waals surface area contributed by atoms with E-state index in [1.54, 1.807) is 4.52 Å². The Morgan fingerprint density at radius 1 is 1.33 bits per heavy atom. The minimum atomic E-state index is -1.17. The largest absolute Gasteiger partial charge is 0.480 e. The Balaban J connectivity index is 1.92. The number of hydrogen-bond donors (Lipinski definition) is 3. The van der Waals surface area contributed by atoms with Crippen molar-refractivity contribution in [3.8, 4) is 0 Å². The molecule has 0 aromatic carbocycles. The number of carbonyl (C=O) groups excluding carboxylic acids is 1. The Bertz CT molecular complexity index is 817. The van der Waals surface area contributed by atoms with Crippen LogP contribution in [-0.2, 0) is 11.2 Å². The van der Waals surface area contributed by atoms with Crippen LogP contribution in [0.1, 0.15) is 48.2 Å². The highest BCUT2D eigenvalue weighted by Crippen LogP contribution is 2.26. The first kappa shape index (κ1) is 16.2. The smallest absolute Gasteiger partial charge is 0.322 e. The predicted octanol–water partition coefficient (Wildman–Crippen LogP) is 0.960. The van der Waals surface area contributed by atoms with Crippen molar-refractivity contribution in [3.05, 3.63) is 33.9 Å². The van der Waals surface area contributed by atoms with E-state index in [0.717, 1.165) is 25.0 Å². The molecule has 0 radical (unpaired) electrons. The Hall–Kier alpha value is -2.64. The van der Waals surface area contributed by atoms with E-state index >= 15 is 0 Å². The predicted molar refractivity (Wildman–Crippen MR) is 86.1 cm³/mol. The van der Waals surface area contributed by atoms with Crippen molar-refractivity contribution in [1.29, 1.82) is 0 Å². The van der Waals surface area contributed by atoms with Gasteiger partial charge in [-0.25, -0.2) is 9.50 Å². The average molecular weight is 332 g/mol. The summed E-state index contributed by atoms with van der Waals surface area (Å²) in [7, 11) is 0. The van der Waals surface area contributed by atoms with E-state index in [2.05, 4.69) is 15.4 Å². The number of rotatable bonds is 5. The fourth-order valence-electron chi connectivity index (χ4n) is 3.36. The van der Waals surface area contributed by atoms with Gasteiger partial charge in [0.1, 0.15) is 18.4 Å². The molecule has 2 aromatic heterocycles. The zero-order chi connectivity index (χ0) is 17.1. The summed E-state index contributed by atoms with van der Waals surface area (Å²) in [5.41, 5.74) is 0.464. The third-order valence-electron chi connectivity index (χ3n) is 4.49. The summed E-state index contributed by atoms with van der Waals surface area (Å²) in [5.74, 6) is -1.37. The van der Waals surface area contributed by atoms with E-state index in [4.69, 9.17) is 5.11 Å². The second-order valence-electron chi connectivity index (χ2n) is 6.21. The first-order valence-corrected chi connectivity index (χ1v) is 8.14. The Morgan fingerprint density at radius 2 is 2.08 bits per heavy atom. The van der Waals surface area contributed by atoms with Crippen LogP contribution < -0.4 is 10.7 Å². The number of carboxylic acids is 1. The summed E-state index contributed by atoms with van der Waals surface area (Å²) in [4.78, 5) is 39.2. The van der Waals surface area contributed by atoms with Crippen LogP contribution in [0.5, 0.6) is 0 Å². The first-order chi connectivity index (χ1) is 11.6. The summed E-state index contributed by atoms with van der Waals surface area (Å²) in [6.45, 7) is -0.543. The number of carboxylic acid groups (broad SMARTS) is 1. The quantitative estimate of drug-likeness (QED) is 0.754. The normalized spacial score (nSPS) is 15.5. The van der Waals surface area contributed by atoms with Crippen molar-refractivity contribution in [2.24, 2.45) is 5.92 Å². The number of pyridine rings is 1. The van der Waals surface area contributed by atoms with Gasteiger partial charge in [-0.2, -0.15) is 0 Å². The molecule has 1 fully saturated rings. The number of fused-ring (bicyclic) bond motifs is 1. The number of aliphatic carboxylic acids is 1. The second-order valence-corrected chi connectivity index (χ2v) is 6.21. The molecule has 1 amide bonds. The summed E-state index contributed by atoms with van der Waals surface area (Å²) in [6, 6.07) is 1.45. The fraction of sp³-hybridized carbons (Fsp3) is 0.500. The molecule has 1 aliphatic carbocycles. The van der Waals surface area contributed by atoms with Gasteiger partial charge in [0.05, 0.1) is 0 Å². The number of carbonyl (C=O) groups is 2. The number of aromatic amines is 1. The monoisotopic (exact) mass is 332 g/mol. The molecule has 1 aliphatic rings. The van der Waals surface area contributed by atoms with Gasteiger partial charge >= 0.3 is 5.97 Å². The van der Waals surface area contributed by atoms with Crippen LogP contribution in [-0.4, -0.2) is 38.1 Å². The van der Waals surface area contributed by atoms with E-state index < -0.39 is 23.9 Å². The number of nitrogens with one attached hydrogen (secondary N) is 2. The first-order valence-electron chi connectivity index (χ1n) is 8.14. The third kappa shape index (κ3) is 3.32. The summed E-state index contributed by atoms with van der Waals surface area (Å²) in [5, 5.41) is 13.8. The van der Waals surface area contributed by atoms with Gasteiger partial charge in [-0.05, 0) is 12.3 Å². The fourth-order valence-corrected chi connectivity index (χ4v) is 3.36. The van der Waals surface area contributed by atoms with E-state index in [-0.39, 0.29) is 11.2 Å². The standard InChI is InChI=1S/C16H20N4O4/c21-12-7-11(6-10-4-2-1-3-5-10)20-15(18-9-19-20)14(12)16(24)17-8-13(22)23/h7,9-10H,1-6,8H2,(H,17,24)(H,18,19)(H,22,23). The molecule has 0 aliphatic heterocycles. The maximum absolute atomic E-state index is 12.4. The molecule has 24 heavy (non-hydrogen) atoms. The van der Waals surface area contributed by atoms with Crippen molar-refractivity contribution in [3.63, 3.8) is 0 Å². The Morgan fingerprint density at radius 3 is 2.79 bits per heavy atom. The zero-order valence-electron chi connectivity index (χ0n) is 13.2. The van der Waals surface area contributed by atoms with Gasteiger partial charge in [0.2, 0.25) is 0 Å². The van der Waals surface area contributed by atoms with Crippen molar-refractivity contribution >= 4 is 17.5 Å². The molecule has 2 aromatic rings. The van der Waals surface area contributed by atoms with Crippen molar-refractivity contribution < 1.29 is 14.7 Å². The third-order valence-corrected chi connectivity index (χ3v) is 4.49. The highest BCUT2D eigenvalue weighted by atomic mass is 16.4. The van der Waals surface area contributed by atoms with Crippen LogP contribution in [0.25, 0.3) is 5.65 Å². The van der Waals surface area contributed by atoms with Crippen LogP contribution in [0.4, 0.5) is 0 Å². The topological polar surface area (TPSA) is 117 Å². The minimum absolute atomic E-state index is 0.134. The molecule has 0 bridgehead atoms. The summed E-state index contributed by atoms with van der Waals surface area (Å²) < 4.78 is 1.64. The van der Waals surface area contributed by atoms with Crippen LogP contribution in [0, 0.1) is 5.92 Å². The molecule has 1 saturated carbocycles. The van der Waals surface area contributed by atoms with E-state index in [1.807, 2.05) is 0 Å². The van der Waals surface area contributed by atoms with Crippen LogP contribution in [0.2, 0.25) is 0 Å². The van der Waals surface area contributed by atoms with Crippen LogP contribution in [0.3, 0.4) is 0 Å². The molecular formula is C16H20N4O4. The van der Waals surface area contributed by atoms with Gasteiger partial charge in [-0.15, -0.1) is 0 Å². The number of H-pyrrole nitrogens is 1. The van der Waals surface area contributed by atoms with Crippen molar-refractivity contribution in [2.75, 3.05) is 6.54 Å². The molecule has 3 N–H and O–H groups in total. The summed E-state index contributed by atoms with van der Waals surface area (Å²) in [6.07, 6.45) is 8.15. The summed E-state index contributed by atoms with van der Waals surface area (Å²) >= 11 is 0. The molecule has 128 valence electrons. The molecular weight excluding hydrogens is 312 g/mol. The molecule has 8 heteroatoms. The van der Waals surface area contributed by atoms with Crippen molar-refractivity contribution in [1.82, 2.24) is 19.9 Å². The Kier molecular flexibility index (Phi) is 4.64. The zero-order valence-corrected chi connectivity index (χ0v) is 13.2. The lowest BCUT2D eigenvalue weighted by atomic mass is 9.86. The van der Waals surface area contributed by atoms with E-state index in [9.17, 15) is 14.4 Å². The van der Waals surface area contributed by atoms with Gasteiger partial charge in [0, 0.05) is 11.8 Å². The molecule has 2 heterocycles. The molecule has 0 saturated heterocycles. The maximum Gasteiger partial charge on any atom is 0.322 e. The molecule has 0 unspecified atom stereocenters. The maximum atomic E-state index is 12.4. The Labute approximate surface area is 137 Å². The number of amides is 1. The highest BCUT2D eigenvalue weighted by molar-refractivity contribution is 6.00. The van der Waals surface area contributed by atoms with E-state index in [0.29, 0.717) is 5.92 Å². The van der Waals surface area contributed by atoms with Gasteiger partial charge in [-0.3, -0.25) is 19.5 Å². The second kappa shape index (κ2) is 6.86. The minimum Gasteiger partial charge on any atom is -0.480 e. The number of aromatic nitrogens is 3. The SMILES string of the molecule is O=C(O)CNC(=O)c1c(=O)cc(CC2CCCCC2)n2[nH]cnc12. The lowest BCUT2D eigenvalue weighted by Crippen LogP contribution is -2.33. The molecule has 8 nitrogen and oxygen atoms in total. The molecule has 3 rings (SSSR count). The molecule has 0 atom stereocenters.